The topological polar surface area (TPSA) is 149 Å². The number of ether oxygens (including phenoxy) is 1. The van der Waals surface area contributed by atoms with E-state index in [0.717, 1.165) is 0 Å². The quantitative estimate of drug-likeness (QED) is 0.349. The van der Waals surface area contributed by atoms with E-state index in [1.54, 1.807) is 13.4 Å². The van der Waals surface area contributed by atoms with Crippen LogP contribution in [-0.2, 0) is 18.6 Å². The highest BCUT2D eigenvalue weighted by Gasteiger charge is 2.69. The van der Waals surface area contributed by atoms with Crippen LogP contribution in [0, 0.1) is 11.3 Å². The first kappa shape index (κ1) is 19.5. The van der Waals surface area contributed by atoms with Gasteiger partial charge in [-0.3, -0.25) is 9.32 Å². The average Bonchev–Trinajstić information content (AvgIpc) is 3.07. The smallest absolute Gasteiger partial charge is 0.462 e. The Morgan fingerprint density at radius 1 is 1.50 bits per heavy atom. The second-order valence-electron chi connectivity index (χ2n) is 7.12. The zero-order chi connectivity index (χ0) is 20.3. The summed E-state index contributed by atoms with van der Waals surface area (Å²) in [5.41, 5.74) is 0.451. The number of halogens is 1. The second-order valence-corrected chi connectivity index (χ2v) is 8.70. The summed E-state index contributed by atoms with van der Waals surface area (Å²) in [7, 11) is -2.93. The van der Waals surface area contributed by atoms with E-state index >= 15 is 0 Å². The van der Waals surface area contributed by atoms with Crippen LogP contribution in [0.15, 0.2) is 6.33 Å². The van der Waals surface area contributed by atoms with Gasteiger partial charge in [0.25, 0.3) is 0 Å². The molecule has 3 N–H and O–H groups in total. The van der Waals surface area contributed by atoms with Gasteiger partial charge in [-0.25, -0.2) is 9.55 Å². The van der Waals surface area contributed by atoms with Crippen LogP contribution in [0.2, 0.25) is 5.28 Å². The number of carbonyl (C=O) groups excluding carboxylic acids is 1. The standard InChI is InChI=1S/C15H19ClN5O6P/c1-7(22)27-10-3-9(8-4-15(8,10)5-26-28(23,24)25)21-6-18-11-12(17-2)19-14(16)20-13(11)21/h6,8-10H,3-5H2,1-2H3,(H,17,19,20)(H2,23,24,25)/t8-,9+,10+,15+/m1/s1. The number of esters is 1. The number of nitrogens with zero attached hydrogens (tertiary/aromatic N) is 4. The molecule has 28 heavy (non-hydrogen) atoms. The number of nitrogens with one attached hydrogen (secondary N) is 1. The third-order valence-electron chi connectivity index (χ3n) is 5.54. The minimum Gasteiger partial charge on any atom is -0.462 e. The molecular formula is C15H19ClN5O6P. The lowest BCUT2D eigenvalue weighted by atomic mass is 10.0. The van der Waals surface area contributed by atoms with Gasteiger partial charge in [0.15, 0.2) is 17.0 Å². The van der Waals surface area contributed by atoms with Gasteiger partial charge in [0.2, 0.25) is 5.28 Å². The van der Waals surface area contributed by atoms with Crippen molar-refractivity contribution >= 4 is 42.4 Å². The maximum Gasteiger partial charge on any atom is 0.469 e. The first-order valence-corrected chi connectivity index (χ1v) is 10.5. The van der Waals surface area contributed by atoms with Crippen molar-refractivity contribution in [2.45, 2.75) is 31.9 Å². The van der Waals surface area contributed by atoms with Crippen LogP contribution < -0.4 is 5.32 Å². The molecule has 2 saturated carbocycles. The molecule has 0 spiro atoms. The van der Waals surface area contributed by atoms with Crippen molar-refractivity contribution in [2.75, 3.05) is 19.0 Å². The van der Waals surface area contributed by atoms with E-state index in [1.807, 2.05) is 4.57 Å². The van der Waals surface area contributed by atoms with Crippen molar-refractivity contribution in [1.29, 1.82) is 0 Å². The van der Waals surface area contributed by atoms with E-state index in [4.69, 9.17) is 30.6 Å². The van der Waals surface area contributed by atoms with E-state index in [-0.39, 0.29) is 23.9 Å². The lowest BCUT2D eigenvalue weighted by Gasteiger charge is -2.23. The summed E-state index contributed by atoms with van der Waals surface area (Å²) in [6, 6.07) is -0.134. The van der Waals surface area contributed by atoms with Crippen molar-refractivity contribution in [3.63, 3.8) is 0 Å². The number of fused-ring (bicyclic) bond motifs is 2. The third kappa shape index (κ3) is 3.27. The summed E-state index contributed by atoms with van der Waals surface area (Å²) >= 11 is 6.03. The van der Waals surface area contributed by atoms with E-state index < -0.39 is 25.3 Å². The maximum absolute atomic E-state index is 11.6. The predicted molar refractivity (Wildman–Crippen MR) is 97.6 cm³/mol. The largest absolute Gasteiger partial charge is 0.469 e. The molecule has 0 aromatic carbocycles. The molecule has 0 aliphatic heterocycles. The Bertz CT molecular complexity index is 995. The number of hydrogen-bond acceptors (Lipinski definition) is 8. The molecule has 11 nitrogen and oxygen atoms in total. The third-order valence-corrected chi connectivity index (χ3v) is 6.17. The lowest BCUT2D eigenvalue weighted by molar-refractivity contribution is -0.150. The van der Waals surface area contributed by atoms with Crippen LogP contribution >= 0.6 is 19.4 Å². The number of aromatic nitrogens is 4. The molecule has 2 heterocycles. The Hall–Kier alpha value is -1.78. The predicted octanol–water partition coefficient (Wildman–Crippen LogP) is 1.51. The van der Waals surface area contributed by atoms with Crippen LogP contribution in [0.25, 0.3) is 11.2 Å². The number of imidazole rings is 1. The van der Waals surface area contributed by atoms with Crippen LogP contribution in [0.1, 0.15) is 25.8 Å². The first-order valence-electron chi connectivity index (χ1n) is 8.60. The highest BCUT2D eigenvalue weighted by atomic mass is 35.5. The minimum atomic E-state index is -4.64. The number of rotatable bonds is 6. The molecule has 2 aromatic heterocycles. The normalized spacial score (nSPS) is 29.0. The molecule has 2 fully saturated rings. The Balaban J connectivity index is 1.69. The van der Waals surface area contributed by atoms with Crippen molar-refractivity contribution in [1.82, 2.24) is 19.5 Å². The van der Waals surface area contributed by atoms with Gasteiger partial charge in [-0.15, -0.1) is 0 Å². The lowest BCUT2D eigenvalue weighted by Crippen LogP contribution is -2.29. The van der Waals surface area contributed by atoms with Gasteiger partial charge in [0.05, 0.1) is 12.9 Å². The van der Waals surface area contributed by atoms with Crippen LogP contribution in [-0.4, -0.2) is 55.0 Å². The second kappa shape index (κ2) is 6.64. The number of anilines is 1. The van der Waals surface area contributed by atoms with Crippen molar-refractivity contribution in [2.24, 2.45) is 11.3 Å². The minimum absolute atomic E-state index is 0.00687. The summed E-state index contributed by atoms with van der Waals surface area (Å²) in [6.45, 7) is 1.11. The monoisotopic (exact) mass is 431 g/mol. The van der Waals surface area contributed by atoms with Crippen molar-refractivity contribution in [3.8, 4) is 0 Å². The maximum atomic E-state index is 11.6. The fourth-order valence-corrected chi connectivity index (χ4v) is 4.87. The number of phosphoric ester groups is 1. The van der Waals surface area contributed by atoms with Gasteiger partial charge in [0.1, 0.15) is 6.10 Å². The molecule has 0 radical (unpaired) electrons. The summed E-state index contributed by atoms with van der Waals surface area (Å²) in [5, 5.41) is 3.00. The fraction of sp³-hybridized carbons (Fsp3) is 0.600. The first-order chi connectivity index (χ1) is 13.1. The molecule has 0 amide bonds. The van der Waals surface area contributed by atoms with Gasteiger partial charge in [-0.1, -0.05) is 0 Å². The van der Waals surface area contributed by atoms with Gasteiger partial charge < -0.3 is 24.4 Å². The van der Waals surface area contributed by atoms with E-state index in [9.17, 15) is 9.36 Å². The summed E-state index contributed by atoms with van der Waals surface area (Å²) < 4.78 is 23.3. The molecule has 152 valence electrons. The molecule has 2 aliphatic rings. The average molecular weight is 432 g/mol. The van der Waals surface area contributed by atoms with Gasteiger partial charge in [-0.05, 0) is 23.9 Å². The van der Waals surface area contributed by atoms with Crippen molar-refractivity contribution < 1.29 is 28.4 Å². The SMILES string of the molecule is CNc1nc(Cl)nc2c1ncn2[C@H]1C[C@H](OC(C)=O)[C@]2(COP(=O)(O)O)C[C@H]12. The zero-order valence-corrected chi connectivity index (χ0v) is 16.7. The van der Waals surface area contributed by atoms with E-state index in [1.165, 1.54) is 6.92 Å². The van der Waals surface area contributed by atoms with Crippen molar-refractivity contribution in [3.05, 3.63) is 11.6 Å². The molecule has 0 saturated heterocycles. The Morgan fingerprint density at radius 2 is 2.25 bits per heavy atom. The van der Waals surface area contributed by atoms with Gasteiger partial charge in [-0.2, -0.15) is 9.97 Å². The molecule has 0 unspecified atom stereocenters. The number of carbonyl (C=O) groups is 1. The molecule has 4 rings (SSSR count). The summed E-state index contributed by atoms with van der Waals surface area (Å²) in [4.78, 5) is 42.5. The highest BCUT2D eigenvalue weighted by molar-refractivity contribution is 7.46. The van der Waals surface area contributed by atoms with Gasteiger partial charge >= 0.3 is 13.8 Å². The number of hydrogen-bond donors (Lipinski definition) is 3. The summed E-state index contributed by atoms with van der Waals surface area (Å²) in [6.07, 6.45) is 2.17. The summed E-state index contributed by atoms with van der Waals surface area (Å²) in [5.74, 6) is 0.0351. The molecule has 4 atom stereocenters. The van der Waals surface area contributed by atoms with E-state index in [2.05, 4.69) is 20.3 Å². The van der Waals surface area contributed by atoms with Gasteiger partial charge in [0, 0.05) is 31.8 Å². The Morgan fingerprint density at radius 3 is 2.89 bits per heavy atom. The molecule has 13 heteroatoms. The van der Waals surface area contributed by atoms with Crippen LogP contribution in [0.5, 0.6) is 0 Å². The van der Waals surface area contributed by atoms with E-state index in [0.29, 0.717) is 29.8 Å². The molecular weight excluding hydrogens is 413 g/mol. The Labute approximate surface area is 164 Å². The van der Waals surface area contributed by atoms with Crippen LogP contribution in [0.3, 0.4) is 0 Å². The molecule has 2 aliphatic carbocycles. The van der Waals surface area contributed by atoms with Crippen LogP contribution in [0.4, 0.5) is 5.82 Å². The fourth-order valence-electron chi connectivity index (χ4n) is 4.30. The number of phosphoric acid groups is 1. The Kier molecular flexibility index (Phi) is 4.63. The molecule has 0 bridgehead atoms. The highest BCUT2D eigenvalue weighted by Crippen LogP contribution is 2.69. The molecule has 2 aromatic rings. The zero-order valence-electron chi connectivity index (χ0n) is 15.1.